The molecule has 0 saturated heterocycles. The number of rotatable bonds is 4. The van der Waals surface area contributed by atoms with Crippen LogP contribution in [0.25, 0.3) is 11.0 Å². The zero-order valence-electron chi connectivity index (χ0n) is 17.3. The molecule has 1 aromatic carbocycles. The predicted octanol–water partition coefficient (Wildman–Crippen LogP) is 2.61. The fourth-order valence-corrected chi connectivity index (χ4v) is 3.82. The van der Waals surface area contributed by atoms with Gasteiger partial charge in [-0.3, -0.25) is 14.3 Å². The third kappa shape index (κ3) is 3.34. The number of anilines is 1. The lowest BCUT2D eigenvalue weighted by atomic mass is 10.0. The van der Waals surface area contributed by atoms with Gasteiger partial charge in [-0.25, -0.2) is 9.78 Å². The minimum Gasteiger partial charge on any atom is -0.451 e. The van der Waals surface area contributed by atoms with Crippen LogP contribution < -0.4 is 4.90 Å². The fourth-order valence-electron chi connectivity index (χ4n) is 3.82. The number of amides is 1. The first-order valence-corrected chi connectivity index (χ1v) is 9.72. The summed E-state index contributed by atoms with van der Waals surface area (Å²) in [6.45, 7) is 5.52. The molecule has 0 aliphatic carbocycles. The topological polar surface area (TPSA) is 94.4 Å². The van der Waals surface area contributed by atoms with E-state index >= 15 is 0 Å². The van der Waals surface area contributed by atoms with Gasteiger partial charge in [0.1, 0.15) is 0 Å². The standard InChI is InChI=1S/C22H22N4O4/c1-12-18-10-17(11-23-21(18)25(4)24-12)22(29)30-13(2)20(28)16-5-6-19-15(9-16)7-8-26(19)14(3)27/h5-6,9-11,13H,7-8H2,1-4H3/t13-/m1/s1. The van der Waals surface area contributed by atoms with Gasteiger partial charge in [-0.15, -0.1) is 0 Å². The number of hydrogen-bond donors (Lipinski definition) is 0. The Kier molecular flexibility index (Phi) is 4.85. The van der Waals surface area contributed by atoms with Gasteiger partial charge < -0.3 is 9.64 Å². The van der Waals surface area contributed by atoms with Crippen LogP contribution in [0.5, 0.6) is 0 Å². The number of hydrogen-bond acceptors (Lipinski definition) is 6. The van der Waals surface area contributed by atoms with Gasteiger partial charge in [-0.2, -0.15) is 5.10 Å². The second kappa shape index (κ2) is 7.37. The lowest BCUT2D eigenvalue weighted by Gasteiger charge is -2.16. The molecule has 2 aromatic heterocycles. The summed E-state index contributed by atoms with van der Waals surface area (Å²) >= 11 is 0. The molecule has 0 bridgehead atoms. The normalized spacial score (nSPS) is 13.9. The van der Waals surface area contributed by atoms with Gasteiger partial charge in [0, 0.05) is 43.4 Å². The van der Waals surface area contributed by atoms with E-state index in [4.69, 9.17) is 4.74 Å². The summed E-state index contributed by atoms with van der Waals surface area (Å²) in [5, 5.41) is 5.05. The molecule has 4 rings (SSSR count). The molecule has 0 spiro atoms. The van der Waals surface area contributed by atoms with E-state index in [0.717, 1.165) is 22.3 Å². The number of ether oxygens (including phenoxy) is 1. The molecule has 30 heavy (non-hydrogen) atoms. The maximum Gasteiger partial charge on any atom is 0.340 e. The first kappa shape index (κ1) is 19.8. The highest BCUT2D eigenvalue weighted by Gasteiger charge is 2.26. The molecule has 1 aliphatic heterocycles. The van der Waals surface area contributed by atoms with Crippen molar-refractivity contribution in [1.82, 2.24) is 14.8 Å². The minimum absolute atomic E-state index is 0.0236. The van der Waals surface area contributed by atoms with Gasteiger partial charge in [-0.1, -0.05) is 0 Å². The van der Waals surface area contributed by atoms with Crippen molar-refractivity contribution in [2.75, 3.05) is 11.4 Å². The molecular formula is C22H22N4O4. The Morgan fingerprint density at radius 1 is 1.17 bits per heavy atom. The van der Waals surface area contributed by atoms with Crippen molar-refractivity contribution < 1.29 is 19.1 Å². The van der Waals surface area contributed by atoms with Crippen LogP contribution in [-0.2, 0) is 23.0 Å². The first-order chi connectivity index (χ1) is 14.3. The lowest BCUT2D eigenvalue weighted by molar-refractivity contribution is -0.116. The smallest absolute Gasteiger partial charge is 0.340 e. The number of esters is 1. The molecule has 8 nitrogen and oxygen atoms in total. The molecule has 0 N–H and O–H groups in total. The Hall–Kier alpha value is -3.55. The molecule has 1 atom stereocenters. The monoisotopic (exact) mass is 406 g/mol. The second-order valence-corrected chi connectivity index (χ2v) is 7.48. The number of benzene rings is 1. The van der Waals surface area contributed by atoms with Crippen molar-refractivity contribution in [2.45, 2.75) is 33.3 Å². The Bertz CT molecular complexity index is 1200. The first-order valence-electron chi connectivity index (χ1n) is 9.72. The average Bonchev–Trinajstić information content (AvgIpc) is 3.27. The third-order valence-corrected chi connectivity index (χ3v) is 5.39. The van der Waals surface area contributed by atoms with Crippen LogP contribution in [0.1, 0.15) is 45.8 Å². The zero-order chi connectivity index (χ0) is 21.6. The van der Waals surface area contributed by atoms with Crippen molar-refractivity contribution in [3.05, 3.63) is 52.8 Å². The van der Waals surface area contributed by atoms with Crippen LogP contribution in [0.3, 0.4) is 0 Å². The SMILES string of the molecule is CC(=O)N1CCc2cc(C(=O)[C@@H](C)OC(=O)c3cnc4c(c3)c(C)nn4C)ccc21. The van der Waals surface area contributed by atoms with Crippen LogP contribution in [-0.4, -0.2) is 45.1 Å². The Balaban J connectivity index is 1.50. The largest absolute Gasteiger partial charge is 0.451 e. The molecule has 0 radical (unpaired) electrons. The number of ketones is 1. The highest BCUT2D eigenvalue weighted by atomic mass is 16.5. The van der Waals surface area contributed by atoms with E-state index < -0.39 is 12.1 Å². The summed E-state index contributed by atoms with van der Waals surface area (Å²) in [5.41, 5.74) is 3.93. The number of Topliss-reactive ketones (excluding diaryl/α,β-unsaturated/α-hetero) is 1. The molecular weight excluding hydrogens is 384 g/mol. The van der Waals surface area contributed by atoms with Crippen LogP contribution in [0, 0.1) is 6.92 Å². The van der Waals surface area contributed by atoms with Crippen molar-refractivity contribution in [3.8, 4) is 0 Å². The Morgan fingerprint density at radius 3 is 2.67 bits per heavy atom. The number of carbonyl (C=O) groups excluding carboxylic acids is 3. The number of aromatic nitrogens is 3. The maximum absolute atomic E-state index is 12.8. The van der Waals surface area contributed by atoms with Crippen LogP contribution in [0.4, 0.5) is 5.69 Å². The summed E-state index contributed by atoms with van der Waals surface area (Å²) in [4.78, 5) is 43.0. The van der Waals surface area contributed by atoms with E-state index in [9.17, 15) is 14.4 Å². The molecule has 0 fully saturated rings. The van der Waals surface area contributed by atoms with Crippen LogP contribution >= 0.6 is 0 Å². The Morgan fingerprint density at radius 2 is 1.93 bits per heavy atom. The zero-order valence-corrected chi connectivity index (χ0v) is 17.3. The number of carbonyl (C=O) groups is 3. The van der Waals surface area contributed by atoms with Gasteiger partial charge in [0.25, 0.3) is 0 Å². The number of fused-ring (bicyclic) bond motifs is 2. The summed E-state index contributed by atoms with van der Waals surface area (Å²) in [5.74, 6) is -0.930. The van der Waals surface area contributed by atoms with E-state index in [0.29, 0.717) is 24.2 Å². The van der Waals surface area contributed by atoms with Crippen molar-refractivity contribution in [2.24, 2.45) is 7.05 Å². The third-order valence-electron chi connectivity index (χ3n) is 5.39. The summed E-state index contributed by atoms with van der Waals surface area (Å²) in [6.07, 6.45) is 1.17. The van der Waals surface area contributed by atoms with Gasteiger partial charge in [0.15, 0.2) is 11.8 Å². The number of pyridine rings is 1. The van der Waals surface area contributed by atoms with Crippen LogP contribution in [0.15, 0.2) is 30.5 Å². The number of nitrogens with zero attached hydrogens (tertiary/aromatic N) is 4. The molecule has 8 heteroatoms. The van der Waals surface area contributed by atoms with Gasteiger partial charge in [-0.05, 0) is 50.1 Å². The predicted molar refractivity (Wildman–Crippen MR) is 111 cm³/mol. The molecule has 3 aromatic rings. The van der Waals surface area contributed by atoms with Crippen LogP contribution in [0.2, 0.25) is 0 Å². The van der Waals surface area contributed by atoms with Gasteiger partial charge >= 0.3 is 5.97 Å². The number of aryl methyl sites for hydroxylation is 2. The van der Waals surface area contributed by atoms with Crippen molar-refractivity contribution in [1.29, 1.82) is 0 Å². The molecule has 154 valence electrons. The summed E-state index contributed by atoms with van der Waals surface area (Å²) in [7, 11) is 1.79. The van der Waals surface area contributed by atoms with Gasteiger partial charge in [0.2, 0.25) is 11.7 Å². The molecule has 3 heterocycles. The average molecular weight is 406 g/mol. The summed E-state index contributed by atoms with van der Waals surface area (Å²) in [6, 6.07) is 6.89. The Labute approximate surface area is 173 Å². The second-order valence-electron chi connectivity index (χ2n) is 7.48. The highest BCUT2D eigenvalue weighted by molar-refractivity contribution is 6.03. The van der Waals surface area contributed by atoms with E-state index in [1.807, 2.05) is 6.92 Å². The molecule has 0 unspecified atom stereocenters. The lowest BCUT2D eigenvalue weighted by Crippen LogP contribution is -2.26. The van der Waals surface area contributed by atoms with E-state index in [1.165, 1.54) is 13.1 Å². The quantitative estimate of drug-likeness (QED) is 0.488. The van der Waals surface area contributed by atoms with E-state index in [2.05, 4.69) is 10.1 Å². The summed E-state index contributed by atoms with van der Waals surface area (Å²) < 4.78 is 7.05. The van der Waals surface area contributed by atoms with Crippen molar-refractivity contribution >= 4 is 34.4 Å². The molecule has 0 saturated carbocycles. The fraction of sp³-hybridized carbons (Fsp3) is 0.318. The highest BCUT2D eigenvalue weighted by Crippen LogP contribution is 2.29. The molecule has 1 amide bonds. The van der Waals surface area contributed by atoms with Crippen molar-refractivity contribution in [3.63, 3.8) is 0 Å². The minimum atomic E-state index is -0.952. The maximum atomic E-state index is 12.8. The molecule has 1 aliphatic rings. The van der Waals surface area contributed by atoms with E-state index in [1.54, 1.807) is 47.8 Å². The van der Waals surface area contributed by atoms with Gasteiger partial charge in [0.05, 0.1) is 11.3 Å². The van der Waals surface area contributed by atoms with E-state index in [-0.39, 0.29) is 17.3 Å².